The highest BCUT2D eigenvalue weighted by Gasteiger charge is 2.33. The van der Waals surface area contributed by atoms with Crippen LogP contribution < -0.4 is 5.32 Å². The van der Waals surface area contributed by atoms with Gasteiger partial charge in [0.15, 0.2) is 0 Å². The van der Waals surface area contributed by atoms with Crippen molar-refractivity contribution in [3.05, 3.63) is 0 Å². The summed E-state index contributed by atoms with van der Waals surface area (Å²) in [7, 11) is 0. The molecule has 6 heteroatoms. The molecule has 0 radical (unpaired) electrons. The first-order chi connectivity index (χ1) is 9.31. The number of carboxylic acid groups (broad SMARTS) is 1. The molecule has 0 unspecified atom stereocenters. The van der Waals surface area contributed by atoms with Crippen LogP contribution in [-0.2, 0) is 14.3 Å². The van der Waals surface area contributed by atoms with Gasteiger partial charge in [0.2, 0.25) is 5.91 Å². The number of nitrogens with one attached hydrogen (secondary N) is 1. The molecular weight excluding hydrogens is 260 g/mol. The van der Waals surface area contributed by atoms with E-state index in [1.165, 1.54) is 0 Å². The molecule has 0 aromatic heterocycles. The SMILES string of the molecule is CC(C)[C@@H](C(=O)NCCC(=O)O)N1C[C@@H](C)O[C@@H](C)C1. The summed E-state index contributed by atoms with van der Waals surface area (Å²) in [5, 5.41) is 11.3. The molecule has 0 aromatic rings. The van der Waals surface area contributed by atoms with Gasteiger partial charge in [-0.2, -0.15) is 0 Å². The average molecular weight is 286 g/mol. The predicted molar refractivity (Wildman–Crippen MR) is 75.5 cm³/mol. The first kappa shape index (κ1) is 16.9. The van der Waals surface area contributed by atoms with Crippen LogP contribution in [-0.4, -0.2) is 59.8 Å². The van der Waals surface area contributed by atoms with Gasteiger partial charge in [0.05, 0.1) is 24.7 Å². The van der Waals surface area contributed by atoms with Gasteiger partial charge in [0.1, 0.15) is 0 Å². The molecule has 1 heterocycles. The smallest absolute Gasteiger partial charge is 0.305 e. The second-order valence-corrected chi connectivity index (χ2v) is 5.83. The third-order valence-corrected chi connectivity index (χ3v) is 3.38. The van der Waals surface area contributed by atoms with Gasteiger partial charge in [-0.3, -0.25) is 14.5 Å². The largest absolute Gasteiger partial charge is 0.481 e. The third kappa shape index (κ3) is 5.09. The number of hydrogen-bond acceptors (Lipinski definition) is 4. The summed E-state index contributed by atoms with van der Waals surface area (Å²) in [5.41, 5.74) is 0. The summed E-state index contributed by atoms with van der Waals surface area (Å²) in [4.78, 5) is 24.9. The summed E-state index contributed by atoms with van der Waals surface area (Å²) in [6, 6.07) is -0.238. The molecule has 0 saturated carbocycles. The van der Waals surface area contributed by atoms with Crippen LogP contribution in [0.1, 0.15) is 34.1 Å². The lowest BCUT2D eigenvalue weighted by molar-refractivity contribution is -0.137. The Kier molecular flexibility index (Phi) is 6.42. The van der Waals surface area contributed by atoms with Gasteiger partial charge in [0.25, 0.3) is 0 Å². The molecule has 1 fully saturated rings. The number of carboxylic acids is 1. The number of nitrogens with zero attached hydrogens (tertiary/aromatic N) is 1. The molecule has 1 rings (SSSR count). The molecule has 0 aromatic carbocycles. The summed E-state index contributed by atoms with van der Waals surface area (Å²) in [6.45, 7) is 9.63. The average Bonchev–Trinajstić information content (AvgIpc) is 2.26. The number of amides is 1. The van der Waals surface area contributed by atoms with E-state index in [0.717, 1.165) is 13.1 Å². The van der Waals surface area contributed by atoms with E-state index in [1.54, 1.807) is 0 Å². The molecule has 2 N–H and O–H groups in total. The fraction of sp³-hybridized carbons (Fsp3) is 0.857. The maximum Gasteiger partial charge on any atom is 0.305 e. The molecule has 1 aliphatic heterocycles. The molecule has 0 spiro atoms. The molecule has 0 aliphatic carbocycles. The van der Waals surface area contributed by atoms with E-state index in [4.69, 9.17) is 9.84 Å². The zero-order valence-corrected chi connectivity index (χ0v) is 12.8. The molecule has 3 atom stereocenters. The van der Waals surface area contributed by atoms with E-state index in [0.29, 0.717) is 0 Å². The van der Waals surface area contributed by atoms with Gasteiger partial charge in [-0.15, -0.1) is 0 Å². The molecule has 0 bridgehead atoms. The van der Waals surface area contributed by atoms with E-state index in [-0.39, 0.29) is 43.0 Å². The number of carbonyl (C=O) groups is 2. The van der Waals surface area contributed by atoms with Crippen molar-refractivity contribution >= 4 is 11.9 Å². The van der Waals surface area contributed by atoms with Crippen LogP contribution in [0.5, 0.6) is 0 Å². The monoisotopic (exact) mass is 286 g/mol. The van der Waals surface area contributed by atoms with Crippen LogP contribution in [0.3, 0.4) is 0 Å². The van der Waals surface area contributed by atoms with Crippen LogP contribution in [0, 0.1) is 5.92 Å². The van der Waals surface area contributed by atoms with E-state index in [2.05, 4.69) is 10.2 Å². The molecule has 6 nitrogen and oxygen atoms in total. The van der Waals surface area contributed by atoms with Gasteiger partial charge in [-0.05, 0) is 19.8 Å². The Morgan fingerprint density at radius 3 is 2.30 bits per heavy atom. The number of morpholine rings is 1. The summed E-state index contributed by atoms with van der Waals surface area (Å²) < 4.78 is 5.69. The molecule has 1 aliphatic rings. The van der Waals surface area contributed by atoms with Crippen molar-refractivity contribution in [2.24, 2.45) is 5.92 Å². The van der Waals surface area contributed by atoms with Gasteiger partial charge in [-0.25, -0.2) is 0 Å². The Balaban J connectivity index is 2.63. The van der Waals surface area contributed by atoms with Crippen molar-refractivity contribution in [3.8, 4) is 0 Å². The first-order valence-electron chi connectivity index (χ1n) is 7.20. The highest BCUT2D eigenvalue weighted by Crippen LogP contribution is 2.18. The molecular formula is C14H26N2O4. The number of rotatable bonds is 6. The molecule has 20 heavy (non-hydrogen) atoms. The van der Waals surface area contributed by atoms with Crippen LogP contribution >= 0.6 is 0 Å². The third-order valence-electron chi connectivity index (χ3n) is 3.38. The Labute approximate surface area is 120 Å². The quantitative estimate of drug-likeness (QED) is 0.752. The van der Waals surface area contributed by atoms with Gasteiger partial charge >= 0.3 is 5.97 Å². The topological polar surface area (TPSA) is 78.9 Å². The summed E-state index contributed by atoms with van der Waals surface area (Å²) in [5.74, 6) is -0.833. The van der Waals surface area contributed by atoms with Crippen LogP contribution in [0.4, 0.5) is 0 Å². The fourth-order valence-corrected chi connectivity index (χ4v) is 2.73. The Morgan fingerprint density at radius 2 is 1.85 bits per heavy atom. The first-order valence-corrected chi connectivity index (χ1v) is 7.20. The van der Waals surface area contributed by atoms with E-state index < -0.39 is 5.97 Å². The second-order valence-electron chi connectivity index (χ2n) is 5.83. The summed E-state index contributed by atoms with van der Waals surface area (Å²) in [6.07, 6.45) is 0.158. The number of hydrogen-bond donors (Lipinski definition) is 2. The normalized spacial score (nSPS) is 25.4. The number of ether oxygens (including phenoxy) is 1. The fourth-order valence-electron chi connectivity index (χ4n) is 2.73. The van der Waals surface area contributed by atoms with Crippen molar-refractivity contribution in [1.82, 2.24) is 10.2 Å². The minimum absolute atomic E-state index is 0.0491. The van der Waals surface area contributed by atoms with Crippen LogP contribution in [0.25, 0.3) is 0 Å². The lowest BCUT2D eigenvalue weighted by atomic mass is 9.99. The lowest BCUT2D eigenvalue weighted by Crippen LogP contribution is -2.57. The maximum atomic E-state index is 12.3. The number of aliphatic carboxylic acids is 1. The van der Waals surface area contributed by atoms with Crippen molar-refractivity contribution in [3.63, 3.8) is 0 Å². The van der Waals surface area contributed by atoms with Crippen molar-refractivity contribution in [2.75, 3.05) is 19.6 Å². The second kappa shape index (κ2) is 7.59. The highest BCUT2D eigenvalue weighted by atomic mass is 16.5. The number of carbonyl (C=O) groups excluding carboxylic acids is 1. The van der Waals surface area contributed by atoms with Crippen LogP contribution in [0.15, 0.2) is 0 Å². The standard InChI is InChI=1S/C14H26N2O4/c1-9(2)13(14(19)15-6-5-12(17)18)16-7-10(3)20-11(4)8-16/h9-11,13H,5-8H2,1-4H3,(H,15,19)(H,17,18)/t10-,11+,13-/m0/s1. The molecule has 1 amide bonds. The Hall–Kier alpha value is -1.14. The van der Waals surface area contributed by atoms with Crippen molar-refractivity contribution < 1.29 is 19.4 Å². The van der Waals surface area contributed by atoms with E-state index in [1.807, 2.05) is 27.7 Å². The molecule has 1 saturated heterocycles. The minimum Gasteiger partial charge on any atom is -0.481 e. The highest BCUT2D eigenvalue weighted by molar-refractivity contribution is 5.82. The molecule has 116 valence electrons. The lowest BCUT2D eigenvalue weighted by Gasteiger charge is -2.41. The predicted octanol–water partition coefficient (Wildman–Crippen LogP) is 0.711. The van der Waals surface area contributed by atoms with E-state index >= 15 is 0 Å². The van der Waals surface area contributed by atoms with Gasteiger partial charge < -0.3 is 15.2 Å². The Bertz CT molecular complexity index is 336. The maximum absolute atomic E-state index is 12.3. The minimum atomic E-state index is -0.903. The van der Waals surface area contributed by atoms with Gasteiger partial charge in [-0.1, -0.05) is 13.8 Å². The van der Waals surface area contributed by atoms with E-state index in [9.17, 15) is 9.59 Å². The Morgan fingerprint density at radius 1 is 1.30 bits per heavy atom. The van der Waals surface area contributed by atoms with Crippen molar-refractivity contribution in [2.45, 2.75) is 52.4 Å². The zero-order valence-electron chi connectivity index (χ0n) is 12.8. The van der Waals surface area contributed by atoms with Crippen molar-refractivity contribution in [1.29, 1.82) is 0 Å². The van der Waals surface area contributed by atoms with Gasteiger partial charge in [0, 0.05) is 19.6 Å². The summed E-state index contributed by atoms with van der Waals surface area (Å²) >= 11 is 0. The zero-order chi connectivity index (χ0) is 15.3. The van der Waals surface area contributed by atoms with Crippen LogP contribution in [0.2, 0.25) is 0 Å².